The van der Waals surface area contributed by atoms with E-state index in [0.29, 0.717) is 41.2 Å². The number of carbonyl (C=O) groups is 3. The fraction of sp³-hybridized carbons (Fsp3) is 0.222. The number of aryl methyl sites for hydroxylation is 1. The molecule has 0 spiro atoms. The first-order valence-electron chi connectivity index (χ1n) is 14.8. The number of anilines is 1. The van der Waals surface area contributed by atoms with Crippen molar-refractivity contribution in [3.63, 3.8) is 0 Å². The summed E-state index contributed by atoms with van der Waals surface area (Å²) in [5.74, 6) is -0.903. The van der Waals surface area contributed by atoms with Gasteiger partial charge in [-0.05, 0) is 67.9 Å². The third-order valence-electron chi connectivity index (χ3n) is 8.08. The number of nitrogens with zero attached hydrogens (tertiary/aromatic N) is 3. The van der Waals surface area contributed by atoms with Gasteiger partial charge in [-0.25, -0.2) is 4.79 Å². The molecule has 0 unspecified atom stereocenters. The Bertz CT molecular complexity index is 1930. The van der Waals surface area contributed by atoms with Crippen molar-refractivity contribution in [1.29, 1.82) is 0 Å². The lowest BCUT2D eigenvalue weighted by Crippen LogP contribution is -2.36. The van der Waals surface area contributed by atoms with E-state index < -0.39 is 5.97 Å². The van der Waals surface area contributed by atoms with Crippen LogP contribution in [0.15, 0.2) is 90.1 Å². The number of carbonyl (C=O) groups excluding carboxylic acids is 3. The number of ketones is 2. The highest BCUT2D eigenvalue weighted by atomic mass is 16.7. The smallest absolute Gasteiger partial charge is 0.331 e. The third kappa shape index (κ3) is 5.52. The molecule has 1 aliphatic heterocycles. The molecule has 1 fully saturated rings. The zero-order valence-corrected chi connectivity index (χ0v) is 25.0. The van der Waals surface area contributed by atoms with Crippen LogP contribution in [-0.2, 0) is 20.9 Å². The van der Waals surface area contributed by atoms with Crippen molar-refractivity contribution in [2.24, 2.45) is 5.16 Å². The molecule has 0 atom stereocenters. The summed E-state index contributed by atoms with van der Waals surface area (Å²) >= 11 is 0. The number of aromatic nitrogens is 1. The summed E-state index contributed by atoms with van der Waals surface area (Å²) < 4.78 is 7.71. The summed E-state index contributed by atoms with van der Waals surface area (Å²) in [5.41, 5.74) is 6.03. The summed E-state index contributed by atoms with van der Waals surface area (Å²) in [6.07, 6.45) is 0. The molecule has 222 valence electrons. The van der Waals surface area contributed by atoms with Gasteiger partial charge in [0.15, 0.2) is 11.6 Å². The van der Waals surface area contributed by atoms with Crippen LogP contribution in [0.3, 0.4) is 0 Å². The minimum atomic E-state index is -0.487. The van der Waals surface area contributed by atoms with Gasteiger partial charge < -0.3 is 19.0 Å². The Labute approximate surface area is 255 Å². The fourth-order valence-electron chi connectivity index (χ4n) is 5.83. The number of hydrogen-bond acceptors (Lipinski definition) is 7. The molecule has 0 aliphatic carbocycles. The topological polar surface area (TPSA) is 90.2 Å². The number of oxime groups is 1. The molecule has 0 amide bonds. The first-order valence-corrected chi connectivity index (χ1v) is 14.8. The van der Waals surface area contributed by atoms with Crippen LogP contribution in [0.1, 0.15) is 58.2 Å². The third-order valence-corrected chi connectivity index (χ3v) is 8.08. The largest absolute Gasteiger partial charge is 0.378 e. The Morgan fingerprint density at radius 2 is 1.39 bits per heavy atom. The molecular formula is C36H33N3O5. The Morgan fingerprint density at radius 3 is 2.05 bits per heavy atom. The molecule has 1 saturated heterocycles. The molecule has 1 aliphatic rings. The summed E-state index contributed by atoms with van der Waals surface area (Å²) in [5, 5.41) is 5.82. The molecule has 0 saturated carbocycles. The van der Waals surface area contributed by atoms with Crippen molar-refractivity contribution in [1.82, 2.24) is 4.57 Å². The van der Waals surface area contributed by atoms with Gasteiger partial charge in [0.05, 0.1) is 18.9 Å². The second kappa shape index (κ2) is 12.3. The second-order valence-electron chi connectivity index (χ2n) is 10.8. The lowest BCUT2D eigenvalue weighted by atomic mass is 9.92. The zero-order valence-electron chi connectivity index (χ0n) is 25.0. The van der Waals surface area contributed by atoms with Crippen LogP contribution in [0.25, 0.3) is 21.8 Å². The number of hydrogen-bond donors (Lipinski definition) is 0. The van der Waals surface area contributed by atoms with E-state index in [-0.39, 0.29) is 11.6 Å². The highest BCUT2D eigenvalue weighted by molar-refractivity contribution is 6.21. The average Bonchev–Trinajstić information content (AvgIpc) is 3.39. The van der Waals surface area contributed by atoms with Crippen LogP contribution in [0, 0.1) is 0 Å². The lowest BCUT2D eigenvalue weighted by Gasteiger charge is -2.29. The molecule has 6 rings (SSSR count). The molecule has 4 aromatic carbocycles. The molecule has 1 aromatic heterocycles. The van der Waals surface area contributed by atoms with E-state index in [9.17, 15) is 14.4 Å². The molecule has 8 nitrogen and oxygen atoms in total. The molecule has 2 heterocycles. The standard InChI is InChI=1S/C36H33N3O5/c1-4-39-33-14-10-26(23(2)37-44-24(3)40)20-30(33)31-21-27(11-15-34(31)39)36(42)29-13-12-28(38-16-18-43-19-17-38)22-32(29)35(41)25-8-6-5-7-9-25/h5-15,20-22H,4,16-19H2,1-3H3/b37-23+. The Morgan fingerprint density at radius 1 is 0.750 bits per heavy atom. The average molecular weight is 588 g/mol. The SMILES string of the molecule is CCn1c2ccc(C(=O)c3ccc(N4CCOCC4)cc3C(=O)c3ccccc3)cc2c2cc(/C(C)=N/OC(C)=O)ccc21. The Kier molecular flexibility index (Phi) is 8.09. The van der Waals surface area contributed by atoms with Crippen LogP contribution in [0.4, 0.5) is 5.69 Å². The van der Waals surface area contributed by atoms with E-state index in [1.54, 1.807) is 25.1 Å². The van der Waals surface area contributed by atoms with Crippen molar-refractivity contribution < 1.29 is 24.0 Å². The highest BCUT2D eigenvalue weighted by Gasteiger charge is 2.23. The molecule has 0 bridgehead atoms. The van der Waals surface area contributed by atoms with E-state index in [1.807, 2.05) is 66.7 Å². The predicted octanol–water partition coefficient (Wildman–Crippen LogP) is 6.40. The van der Waals surface area contributed by atoms with Crippen molar-refractivity contribution in [3.05, 3.63) is 113 Å². The number of rotatable bonds is 8. The van der Waals surface area contributed by atoms with Crippen molar-refractivity contribution in [3.8, 4) is 0 Å². The van der Waals surface area contributed by atoms with Gasteiger partial charge in [-0.15, -0.1) is 0 Å². The minimum absolute atomic E-state index is 0.195. The van der Waals surface area contributed by atoms with Crippen molar-refractivity contribution in [2.75, 3.05) is 31.2 Å². The van der Waals surface area contributed by atoms with Gasteiger partial charge in [0.25, 0.3) is 0 Å². The fourth-order valence-corrected chi connectivity index (χ4v) is 5.83. The van der Waals surface area contributed by atoms with Crippen molar-refractivity contribution >= 4 is 50.7 Å². The zero-order chi connectivity index (χ0) is 30.8. The van der Waals surface area contributed by atoms with Crippen LogP contribution in [-0.4, -0.2) is 54.1 Å². The van der Waals surface area contributed by atoms with Crippen LogP contribution in [0.5, 0.6) is 0 Å². The summed E-state index contributed by atoms with van der Waals surface area (Å²) in [6, 6.07) is 26.2. The van der Waals surface area contributed by atoms with E-state index >= 15 is 0 Å². The first-order chi connectivity index (χ1) is 21.4. The van der Waals surface area contributed by atoms with E-state index in [1.165, 1.54) is 6.92 Å². The normalized spacial score (nSPS) is 13.8. The number of fused-ring (bicyclic) bond motifs is 3. The van der Waals surface area contributed by atoms with Crippen LogP contribution in [0.2, 0.25) is 0 Å². The molecule has 8 heteroatoms. The minimum Gasteiger partial charge on any atom is -0.378 e. The van der Waals surface area contributed by atoms with Gasteiger partial charge in [-0.3, -0.25) is 9.59 Å². The monoisotopic (exact) mass is 587 g/mol. The molecule has 0 N–H and O–H groups in total. The van der Waals surface area contributed by atoms with Crippen molar-refractivity contribution in [2.45, 2.75) is 27.3 Å². The highest BCUT2D eigenvalue weighted by Crippen LogP contribution is 2.32. The first kappa shape index (κ1) is 29.0. The van der Waals surface area contributed by atoms with Crippen LogP contribution < -0.4 is 4.90 Å². The predicted molar refractivity (Wildman–Crippen MR) is 172 cm³/mol. The van der Waals surface area contributed by atoms with Gasteiger partial charge in [-0.2, -0.15) is 0 Å². The lowest BCUT2D eigenvalue weighted by molar-refractivity contribution is -0.140. The summed E-state index contributed by atoms with van der Waals surface area (Å²) in [6.45, 7) is 8.58. The maximum absolute atomic E-state index is 14.2. The van der Waals surface area contributed by atoms with Gasteiger partial charge >= 0.3 is 5.97 Å². The maximum atomic E-state index is 14.2. The Balaban J connectivity index is 1.46. The summed E-state index contributed by atoms with van der Waals surface area (Å²) in [4.78, 5) is 46.3. The number of morpholine rings is 1. The van der Waals surface area contributed by atoms with Gasteiger partial charge in [0.1, 0.15) is 0 Å². The number of ether oxygens (including phenoxy) is 1. The maximum Gasteiger partial charge on any atom is 0.331 e. The molecule has 5 aromatic rings. The molecule has 44 heavy (non-hydrogen) atoms. The van der Waals surface area contributed by atoms with Gasteiger partial charge in [-0.1, -0.05) is 41.6 Å². The van der Waals surface area contributed by atoms with E-state index in [0.717, 1.165) is 52.7 Å². The molecule has 0 radical (unpaired) electrons. The second-order valence-corrected chi connectivity index (χ2v) is 10.8. The van der Waals surface area contributed by atoms with Gasteiger partial charge in [0, 0.05) is 76.3 Å². The number of benzene rings is 4. The van der Waals surface area contributed by atoms with E-state index in [4.69, 9.17) is 9.57 Å². The van der Waals surface area contributed by atoms with E-state index in [2.05, 4.69) is 21.5 Å². The van der Waals surface area contributed by atoms with Crippen LogP contribution >= 0.6 is 0 Å². The van der Waals surface area contributed by atoms with Gasteiger partial charge in [0.2, 0.25) is 0 Å². The molecular weight excluding hydrogens is 554 g/mol. The Hall–Kier alpha value is -5.08. The quantitative estimate of drug-likeness (QED) is 0.0903. The summed E-state index contributed by atoms with van der Waals surface area (Å²) in [7, 11) is 0.